The molecule has 0 radical (unpaired) electrons. The molecule has 3 rings (SSSR count). The largest absolute Gasteiger partial charge is 0.354 e. The highest BCUT2D eigenvalue weighted by Crippen LogP contribution is 2.28. The Kier molecular flexibility index (Phi) is 3.16. The Morgan fingerprint density at radius 3 is 2.89 bits per heavy atom. The van der Waals surface area contributed by atoms with Crippen LogP contribution in [0.1, 0.15) is 23.9 Å². The fourth-order valence-electron chi connectivity index (χ4n) is 2.38. The van der Waals surface area contributed by atoms with Crippen molar-refractivity contribution in [3.63, 3.8) is 0 Å². The Balaban J connectivity index is 1.95. The van der Waals surface area contributed by atoms with Crippen LogP contribution in [-0.4, -0.2) is 27.9 Å². The fraction of sp³-hybridized carbons (Fsp3) is 0.385. The highest BCUT2D eigenvalue weighted by molar-refractivity contribution is 5.33. The van der Waals surface area contributed by atoms with Crippen molar-refractivity contribution in [3.8, 4) is 0 Å². The number of anilines is 1. The lowest BCUT2D eigenvalue weighted by atomic mass is 10.0. The smallest absolute Gasteiger partial charge is 0.221 e. The van der Waals surface area contributed by atoms with Crippen molar-refractivity contribution in [3.05, 3.63) is 41.5 Å². The molecule has 1 aromatic heterocycles. The molecule has 0 saturated heterocycles. The van der Waals surface area contributed by atoms with E-state index in [1.807, 2.05) is 4.68 Å². The lowest BCUT2D eigenvalue weighted by Gasteiger charge is -2.24. The number of aromatic nitrogens is 3. The summed E-state index contributed by atoms with van der Waals surface area (Å²) in [5.74, 6) is 1.29. The summed E-state index contributed by atoms with van der Waals surface area (Å²) in [5, 5.41) is 7.72. The van der Waals surface area contributed by atoms with Crippen molar-refractivity contribution in [1.29, 1.82) is 0 Å². The van der Waals surface area contributed by atoms with Gasteiger partial charge in [-0.3, -0.25) is 0 Å². The summed E-state index contributed by atoms with van der Waals surface area (Å²) in [6.45, 7) is 1.37. The van der Waals surface area contributed by atoms with E-state index in [0.29, 0.717) is 13.0 Å². The first-order chi connectivity index (χ1) is 9.28. The van der Waals surface area contributed by atoms with Gasteiger partial charge in [-0.15, -0.1) is 0 Å². The van der Waals surface area contributed by atoms with E-state index in [-0.39, 0.29) is 11.9 Å². The van der Waals surface area contributed by atoms with Crippen molar-refractivity contribution in [2.75, 3.05) is 18.4 Å². The molecule has 0 fully saturated rings. The summed E-state index contributed by atoms with van der Waals surface area (Å²) in [7, 11) is 0. The zero-order chi connectivity index (χ0) is 13.2. The minimum atomic E-state index is -0.222. The third-order valence-electron chi connectivity index (χ3n) is 3.29. The normalized spacial score (nSPS) is 17.9. The van der Waals surface area contributed by atoms with E-state index >= 15 is 0 Å². The quantitative estimate of drug-likeness (QED) is 0.874. The van der Waals surface area contributed by atoms with E-state index in [9.17, 15) is 4.39 Å². The van der Waals surface area contributed by atoms with Crippen molar-refractivity contribution >= 4 is 5.95 Å². The Labute approximate surface area is 110 Å². The molecule has 1 aromatic carbocycles. The Bertz CT molecular complexity index is 563. The van der Waals surface area contributed by atoms with Crippen molar-refractivity contribution in [1.82, 2.24) is 14.8 Å². The van der Waals surface area contributed by atoms with Crippen LogP contribution < -0.4 is 11.1 Å². The maximum Gasteiger partial charge on any atom is 0.221 e. The van der Waals surface area contributed by atoms with Crippen LogP contribution in [0, 0.1) is 5.82 Å². The van der Waals surface area contributed by atoms with Gasteiger partial charge in [-0.1, -0.05) is 12.1 Å². The van der Waals surface area contributed by atoms with Crippen molar-refractivity contribution in [2.24, 2.45) is 5.73 Å². The first-order valence-electron chi connectivity index (χ1n) is 6.43. The second-order valence-corrected chi connectivity index (χ2v) is 4.62. The Morgan fingerprint density at radius 2 is 2.16 bits per heavy atom. The van der Waals surface area contributed by atoms with Gasteiger partial charge in [0.2, 0.25) is 5.95 Å². The van der Waals surface area contributed by atoms with Crippen LogP contribution in [0.2, 0.25) is 0 Å². The highest BCUT2D eigenvalue weighted by atomic mass is 19.1. The number of nitrogens with zero attached hydrogens (tertiary/aromatic N) is 3. The van der Waals surface area contributed by atoms with Gasteiger partial charge in [-0.05, 0) is 30.7 Å². The van der Waals surface area contributed by atoms with Gasteiger partial charge in [0.25, 0.3) is 0 Å². The zero-order valence-corrected chi connectivity index (χ0v) is 10.5. The first-order valence-corrected chi connectivity index (χ1v) is 6.43. The van der Waals surface area contributed by atoms with Crippen molar-refractivity contribution in [2.45, 2.75) is 18.9 Å². The molecule has 3 N–H and O–H groups in total. The lowest BCUT2D eigenvalue weighted by Crippen LogP contribution is -2.24. The number of hydrogen-bond acceptors (Lipinski definition) is 4. The van der Waals surface area contributed by atoms with Crippen LogP contribution in [0.15, 0.2) is 24.3 Å². The van der Waals surface area contributed by atoms with Gasteiger partial charge in [0.15, 0.2) is 5.82 Å². The molecule has 19 heavy (non-hydrogen) atoms. The number of nitrogens with one attached hydrogen (secondary N) is 1. The molecule has 2 heterocycles. The SMILES string of the molecule is NCCc1nc2n(n1)C(c1ccc(F)cc1)CCN2. The van der Waals surface area contributed by atoms with Crippen LogP contribution in [0.3, 0.4) is 0 Å². The summed E-state index contributed by atoms with van der Waals surface area (Å²) >= 11 is 0. The predicted molar refractivity (Wildman–Crippen MR) is 70.4 cm³/mol. The standard InChI is InChI=1S/C13H16FN5/c14-10-3-1-9(2-4-10)11-6-8-16-13-17-12(5-7-15)18-19(11)13/h1-4,11H,5-8,15H2,(H,16,17,18). The van der Waals surface area contributed by atoms with Gasteiger partial charge in [-0.2, -0.15) is 10.1 Å². The predicted octanol–water partition coefficient (Wildman–Crippen LogP) is 1.32. The molecular formula is C13H16FN5. The first kappa shape index (κ1) is 12.1. The van der Waals surface area contributed by atoms with Gasteiger partial charge in [0.05, 0.1) is 6.04 Å². The molecule has 0 aliphatic carbocycles. The van der Waals surface area contributed by atoms with Gasteiger partial charge in [0.1, 0.15) is 5.82 Å². The molecule has 5 nitrogen and oxygen atoms in total. The molecule has 1 atom stereocenters. The van der Waals surface area contributed by atoms with Crippen LogP contribution in [0.25, 0.3) is 0 Å². The maximum atomic E-state index is 13.0. The highest BCUT2D eigenvalue weighted by Gasteiger charge is 2.24. The Hall–Kier alpha value is -1.95. The van der Waals surface area contributed by atoms with E-state index in [1.54, 1.807) is 12.1 Å². The molecule has 0 saturated carbocycles. The van der Waals surface area contributed by atoms with Crippen LogP contribution in [0.5, 0.6) is 0 Å². The minimum absolute atomic E-state index is 0.107. The number of rotatable bonds is 3. The molecule has 1 aliphatic rings. The van der Waals surface area contributed by atoms with E-state index < -0.39 is 0 Å². The van der Waals surface area contributed by atoms with E-state index in [2.05, 4.69) is 15.4 Å². The number of fused-ring (bicyclic) bond motifs is 1. The molecule has 2 aromatic rings. The van der Waals surface area contributed by atoms with E-state index in [4.69, 9.17) is 5.73 Å². The van der Waals surface area contributed by atoms with Crippen LogP contribution in [0.4, 0.5) is 10.3 Å². The average Bonchev–Trinajstić information content (AvgIpc) is 2.82. The molecule has 6 heteroatoms. The number of hydrogen-bond donors (Lipinski definition) is 2. The minimum Gasteiger partial charge on any atom is -0.354 e. The van der Waals surface area contributed by atoms with Gasteiger partial charge < -0.3 is 11.1 Å². The second-order valence-electron chi connectivity index (χ2n) is 4.62. The van der Waals surface area contributed by atoms with E-state index in [1.165, 1.54) is 12.1 Å². The monoisotopic (exact) mass is 261 g/mol. The molecule has 0 amide bonds. The summed E-state index contributed by atoms with van der Waals surface area (Å²) in [6.07, 6.45) is 1.57. The van der Waals surface area contributed by atoms with Gasteiger partial charge in [-0.25, -0.2) is 9.07 Å². The zero-order valence-electron chi connectivity index (χ0n) is 10.5. The second kappa shape index (κ2) is 4.97. The van der Waals surface area contributed by atoms with Gasteiger partial charge in [0, 0.05) is 13.0 Å². The van der Waals surface area contributed by atoms with Gasteiger partial charge >= 0.3 is 0 Å². The fourth-order valence-corrected chi connectivity index (χ4v) is 2.38. The third-order valence-corrected chi connectivity index (χ3v) is 3.29. The molecule has 0 spiro atoms. The molecule has 100 valence electrons. The van der Waals surface area contributed by atoms with Crippen molar-refractivity contribution < 1.29 is 4.39 Å². The topological polar surface area (TPSA) is 68.8 Å². The molecule has 1 unspecified atom stereocenters. The number of benzene rings is 1. The number of nitrogens with two attached hydrogens (primary N) is 1. The lowest BCUT2D eigenvalue weighted by molar-refractivity contribution is 0.476. The molecule has 1 aliphatic heterocycles. The summed E-state index contributed by atoms with van der Waals surface area (Å²) < 4.78 is 14.9. The van der Waals surface area contributed by atoms with Crippen LogP contribution in [-0.2, 0) is 6.42 Å². The maximum absolute atomic E-state index is 13.0. The summed E-state index contributed by atoms with van der Waals surface area (Å²) in [6, 6.07) is 6.68. The van der Waals surface area contributed by atoms with E-state index in [0.717, 1.165) is 30.3 Å². The molecule has 0 bridgehead atoms. The Morgan fingerprint density at radius 1 is 1.37 bits per heavy atom. The number of halogens is 1. The summed E-state index contributed by atoms with van der Waals surface area (Å²) in [4.78, 5) is 4.42. The van der Waals surface area contributed by atoms with Crippen LogP contribution >= 0.6 is 0 Å². The summed E-state index contributed by atoms with van der Waals surface area (Å²) in [5.41, 5.74) is 6.58. The third kappa shape index (κ3) is 2.31. The molecular weight excluding hydrogens is 245 g/mol. The average molecular weight is 261 g/mol.